The van der Waals surface area contributed by atoms with Crippen molar-refractivity contribution >= 4 is 11.6 Å². The van der Waals surface area contributed by atoms with Crippen molar-refractivity contribution < 1.29 is 18.3 Å². The number of anilines is 1. The largest absolute Gasteiger partial charge is 0.493 e. The molecule has 0 bridgehead atoms. The van der Waals surface area contributed by atoms with Gasteiger partial charge in [0.1, 0.15) is 17.4 Å². The summed E-state index contributed by atoms with van der Waals surface area (Å²) in [5, 5.41) is 0. The quantitative estimate of drug-likeness (QED) is 0.834. The summed E-state index contributed by atoms with van der Waals surface area (Å²) in [6.07, 6.45) is 0.286. The van der Waals surface area contributed by atoms with Gasteiger partial charge >= 0.3 is 0 Å². The maximum Gasteiger partial charge on any atom is 0.226 e. The molecular formula is C19H20F2N2O2. The van der Waals surface area contributed by atoms with Crippen LogP contribution in [0.15, 0.2) is 48.5 Å². The monoisotopic (exact) mass is 346 g/mol. The van der Waals surface area contributed by atoms with E-state index in [4.69, 9.17) is 4.74 Å². The van der Waals surface area contributed by atoms with Gasteiger partial charge in [0.25, 0.3) is 0 Å². The van der Waals surface area contributed by atoms with Crippen LogP contribution in [0.1, 0.15) is 6.42 Å². The third-order valence-electron chi connectivity index (χ3n) is 4.22. The fourth-order valence-corrected chi connectivity index (χ4v) is 2.81. The number of hydrogen-bond donors (Lipinski definition) is 0. The highest BCUT2D eigenvalue weighted by molar-refractivity contribution is 5.76. The van der Waals surface area contributed by atoms with Gasteiger partial charge in [-0.3, -0.25) is 4.79 Å². The van der Waals surface area contributed by atoms with Crippen molar-refractivity contribution in [3.63, 3.8) is 0 Å². The van der Waals surface area contributed by atoms with E-state index in [1.165, 1.54) is 24.3 Å². The van der Waals surface area contributed by atoms with Crippen LogP contribution in [0.4, 0.5) is 14.5 Å². The number of benzene rings is 2. The lowest BCUT2D eigenvalue weighted by atomic mass is 10.2. The maximum absolute atomic E-state index is 13.0. The van der Waals surface area contributed by atoms with Gasteiger partial charge in [-0.2, -0.15) is 0 Å². The summed E-state index contributed by atoms with van der Waals surface area (Å²) >= 11 is 0. The highest BCUT2D eigenvalue weighted by Gasteiger charge is 2.21. The van der Waals surface area contributed by atoms with Gasteiger partial charge in [-0.05, 0) is 48.5 Å². The number of carbonyl (C=O) groups is 1. The Morgan fingerprint density at radius 3 is 2.04 bits per heavy atom. The zero-order chi connectivity index (χ0) is 17.6. The molecule has 1 aliphatic rings. The Labute approximate surface area is 145 Å². The Bertz CT molecular complexity index is 696. The molecule has 2 aromatic rings. The zero-order valence-corrected chi connectivity index (χ0v) is 13.8. The fraction of sp³-hybridized carbons (Fsp3) is 0.316. The highest BCUT2D eigenvalue weighted by Crippen LogP contribution is 2.17. The number of piperazine rings is 1. The molecule has 6 heteroatoms. The van der Waals surface area contributed by atoms with Gasteiger partial charge in [0.15, 0.2) is 0 Å². The van der Waals surface area contributed by atoms with E-state index in [2.05, 4.69) is 4.90 Å². The van der Waals surface area contributed by atoms with Gasteiger partial charge < -0.3 is 14.5 Å². The van der Waals surface area contributed by atoms with Crippen LogP contribution in [0.5, 0.6) is 5.75 Å². The molecule has 1 aliphatic heterocycles. The number of ether oxygens (including phenoxy) is 1. The summed E-state index contributed by atoms with van der Waals surface area (Å²) in [6.45, 7) is 2.97. The van der Waals surface area contributed by atoms with Crippen LogP contribution in [0.25, 0.3) is 0 Å². The molecule has 0 aromatic heterocycles. The highest BCUT2D eigenvalue weighted by atomic mass is 19.1. The molecule has 0 spiro atoms. The molecule has 132 valence electrons. The molecule has 0 aliphatic carbocycles. The molecule has 1 heterocycles. The number of carbonyl (C=O) groups excluding carboxylic acids is 1. The van der Waals surface area contributed by atoms with E-state index in [-0.39, 0.29) is 30.6 Å². The Balaban J connectivity index is 1.42. The number of amides is 1. The van der Waals surface area contributed by atoms with Crippen LogP contribution in [-0.2, 0) is 4.79 Å². The van der Waals surface area contributed by atoms with E-state index in [1.54, 1.807) is 24.3 Å². The van der Waals surface area contributed by atoms with Crippen molar-refractivity contribution in [2.24, 2.45) is 0 Å². The van der Waals surface area contributed by atoms with Crippen LogP contribution >= 0.6 is 0 Å². The van der Waals surface area contributed by atoms with E-state index in [1.807, 2.05) is 4.90 Å². The Morgan fingerprint density at radius 2 is 1.44 bits per heavy atom. The molecular weight excluding hydrogens is 326 g/mol. The summed E-state index contributed by atoms with van der Waals surface area (Å²) in [4.78, 5) is 16.2. The smallest absolute Gasteiger partial charge is 0.226 e. The number of hydrogen-bond acceptors (Lipinski definition) is 3. The van der Waals surface area contributed by atoms with E-state index in [0.29, 0.717) is 18.8 Å². The van der Waals surface area contributed by atoms with Crippen molar-refractivity contribution in [3.05, 3.63) is 60.2 Å². The Morgan fingerprint density at radius 1 is 0.880 bits per heavy atom. The molecule has 25 heavy (non-hydrogen) atoms. The molecule has 0 radical (unpaired) electrons. The maximum atomic E-state index is 13.0. The van der Waals surface area contributed by atoms with Crippen molar-refractivity contribution in [2.45, 2.75) is 6.42 Å². The molecule has 1 fully saturated rings. The molecule has 1 amide bonds. The predicted octanol–water partition coefficient (Wildman–Crippen LogP) is 3.08. The first-order valence-electron chi connectivity index (χ1n) is 8.28. The van der Waals surface area contributed by atoms with Gasteiger partial charge in [-0.15, -0.1) is 0 Å². The summed E-state index contributed by atoms with van der Waals surface area (Å²) in [5.41, 5.74) is 0.966. The van der Waals surface area contributed by atoms with E-state index < -0.39 is 0 Å². The summed E-state index contributed by atoms with van der Waals surface area (Å²) in [5.74, 6) is 0.0253. The van der Waals surface area contributed by atoms with Gasteiger partial charge in [0.05, 0.1) is 13.0 Å². The minimum Gasteiger partial charge on any atom is -0.493 e. The normalized spacial score (nSPS) is 14.5. The van der Waals surface area contributed by atoms with E-state index in [9.17, 15) is 13.6 Å². The lowest BCUT2D eigenvalue weighted by molar-refractivity contribution is -0.132. The first-order valence-corrected chi connectivity index (χ1v) is 8.28. The first-order chi connectivity index (χ1) is 12.1. The second-order valence-corrected chi connectivity index (χ2v) is 5.90. The summed E-state index contributed by atoms with van der Waals surface area (Å²) < 4.78 is 31.3. The van der Waals surface area contributed by atoms with Crippen molar-refractivity contribution in [1.29, 1.82) is 0 Å². The molecule has 3 rings (SSSR count). The number of rotatable bonds is 5. The standard InChI is InChI=1S/C19H20F2N2O2/c20-15-1-5-17(6-2-15)22-10-12-23(13-11-22)19(24)9-14-25-18-7-3-16(21)4-8-18/h1-8H,9-14H2. The molecule has 1 saturated heterocycles. The predicted molar refractivity (Wildman–Crippen MR) is 91.7 cm³/mol. The Hall–Kier alpha value is -2.63. The zero-order valence-electron chi connectivity index (χ0n) is 13.8. The lowest BCUT2D eigenvalue weighted by Gasteiger charge is -2.36. The SMILES string of the molecule is O=C(CCOc1ccc(F)cc1)N1CCN(c2ccc(F)cc2)CC1. The topological polar surface area (TPSA) is 32.8 Å². The van der Waals surface area contributed by atoms with Crippen LogP contribution < -0.4 is 9.64 Å². The van der Waals surface area contributed by atoms with Gasteiger partial charge in [-0.25, -0.2) is 8.78 Å². The van der Waals surface area contributed by atoms with Crippen molar-refractivity contribution in [3.8, 4) is 5.75 Å². The van der Waals surface area contributed by atoms with Crippen molar-refractivity contribution in [1.82, 2.24) is 4.90 Å². The van der Waals surface area contributed by atoms with Crippen LogP contribution in [0.2, 0.25) is 0 Å². The van der Waals surface area contributed by atoms with E-state index >= 15 is 0 Å². The number of halogens is 2. The van der Waals surface area contributed by atoms with Gasteiger partial charge in [0, 0.05) is 31.9 Å². The third-order valence-corrected chi connectivity index (χ3v) is 4.22. The Kier molecular flexibility index (Phi) is 5.48. The molecule has 0 saturated carbocycles. The lowest BCUT2D eigenvalue weighted by Crippen LogP contribution is -2.49. The molecule has 4 nitrogen and oxygen atoms in total. The second-order valence-electron chi connectivity index (χ2n) is 5.90. The minimum atomic E-state index is -0.317. The van der Waals surface area contributed by atoms with Crippen LogP contribution in [-0.4, -0.2) is 43.6 Å². The van der Waals surface area contributed by atoms with Crippen LogP contribution in [0, 0.1) is 11.6 Å². The summed E-state index contributed by atoms with van der Waals surface area (Å²) in [7, 11) is 0. The van der Waals surface area contributed by atoms with E-state index in [0.717, 1.165) is 18.8 Å². The average Bonchev–Trinajstić information content (AvgIpc) is 2.64. The van der Waals surface area contributed by atoms with Crippen molar-refractivity contribution in [2.75, 3.05) is 37.7 Å². The molecule has 0 unspecified atom stereocenters. The average molecular weight is 346 g/mol. The second kappa shape index (κ2) is 7.96. The van der Waals surface area contributed by atoms with Gasteiger partial charge in [0.2, 0.25) is 5.91 Å². The van der Waals surface area contributed by atoms with Gasteiger partial charge in [-0.1, -0.05) is 0 Å². The summed E-state index contributed by atoms with van der Waals surface area (Å²) in [6, 6.07) is 12.1. The molecule has 2 aromatic carbocycles. The molecule has 0 N–H and O–H groups in total. The third kappa shape index (κ3) is 4.68. The number of nitrogens with zero attached hydrogens (tertiary/aromatic N) is 2. The minimum absolute atomic E-state index is 0.0425. The molecule has 0 atom stereocenters. The fourth-order valence-electron chi connectivity index (χ4n) is 2.81. The van der Waals surface area contributed by atoms with Crippen LogP contribution in [0.3, 0.4) is 0 Å². The first kappa shape index (κ1) is 17.2.